The van der Waals surface area contributed by atoms with Crippen molar-refractivity contribution in [2.75, 3.05) is 5.32 Å². The molecule has 0 aliphatic carbocycles. The molecule has 98 valence electrons. The van der Waals surface area contributed by atoms with Crippen LogP contribution in [-0.2, 0) is 16.1 Å². The van der Waals surface area contributed by atoms with E-state index in [0.717, 1.165) is 11.1 Å². The molecular formula is C13H18N2O3. The first-order valence-corrected chi connectivity index (χ1v) is 5.95. The summed E-state index contributed by atoms with van der Waals surface area (Å²) < 4.78 is 10.6. The predicted molar refractivity (Wildman–Crippen MR) is 67.3 cm³/mol. The van der Waals surface area contributed by atoms with Gasteiger partial charge in [-0.2, -0.15) is 0 Å². The number of aromatic nitrogens is 1. The zero-order chi connectivity index (χ0) is 13.3. The lowest BCUT2D eigenvalue weighted by molar-refractivity contribution is 0.0635. The predicted octanol–water partition coefficient (Wildman–Crippen LogP) is 3.02. The van der Waals surface area contributed by atoms with E-state index < -0.39 is 11.7 Å². The Labute approximate surface area is 107 Å². The number of anilines is 1. The standard InChI is InChI=1S/C13H18N2O3/c1-8-10-5-11(14-6-9(10)7-17-8)15-12(16)18-13(2,3)4/h5-6,8H,7H2,1-4H3,(H,14,15,16). The third-order valence-electron chi connectivity index (χ3n) is 2.58. The fourth-order valence-electron chi connectivity index (χ4n) is 1.78. The molecule has 1 atom stereocenters. The molecule has 2 rings (SSSR count). The lowest BCUT2D eigenvalue weighted by Gasteiger charge is -2.19. The minimum Gasteiger partial charge on any atom is -0.444 e. The third kappa shape index (κ3) is 2.98. The van der Waals surface area contributed by atoms with Crippen LogP contribution >= 0.6 is 0 Å². The van der Waals surface area contributed by atoms with Gasteiger partial charge in [0.1, 0.15) is 11.4 Å². The highest BCUT2D eigenvalue weighted by Gasteiger charge is 2.21. The van der Waals surface area contributed by atoms with Crippen LogP contribution in [0, 0.1) is 0 Å². The van der Waals surface area contributed by atoms with Crippen LogP contribution in [0.2, 0.25) is 0 Å². The van der Waals surface area contributed by atoms with Crippen molar-refractivity contribution in [1.29, 1.82) is 0 Å². The Morgan fingerprint density at radius 2 is 2.28 bits per heavy atom. The highest BCUT2D eigenvalue weighted by molar-refractivity contribution is 5.83. The van der Waals surface area contributed by atoms with Crippen molar-refractivity contribution in [2.24, 2.45) is 0 Å². The van der Waals surface area contributed by atoms with Gasteiger partial charge in [0.15, 0.2) is 0 Å². The summed E-state index contributed by atoms with van der Waals surface area (Å²) in [6.07, 6.45) is 1.27. The molecule has 0 bridgehead atoms. The van der Waals surface area contributed by atoms with Crippen LogP contribution in [0.25, 0.3) is 0 Å². The number of amides is 1. The molecule has 0 radical (unpaired) electrons. The molecule has 1 aliphatic heterocycles. The van der Waals surface area contributed by atoms with Crippen molar-refractivity contribution in [1.82, 2.24) is 4.98 Å². The molecule has 0 aromatic carbocycles. The molecule has 1 aromatic heterocycles. The number of hydrogen-bond donors (Lipinski definition) is 1. The smallest absolute Gasteiger partial charge is 0.413 e. The van der Waals surface area contributed by atoms with E-state index in [0.29, 0.717) is 12.4 Å². The van der Waals surface area contributed by atoms with Gasteiger partial charge in [0.2, 0.25) is 0 Å². The fourth-order valence-corrected chi connectivity index (χ4v) is 1.78. The maximum Gasteiger partial charge on any atom is 0.413 e. The molecule has 0 fully saturated rings. The molecule has 1 aliphatic rings. The number of hydrogen-bond acceptors (Lipinski definition) is 4. The van der Waals surface area contributed by atoms with Gasteiger partial charge in [-0.3, -0.25) is 5.32 Å². The molecule has 0 spiro atoms. The Hall–Kier alpha value is -1.62. The van der Waals surface area contributed by atoms with E-state index in [1.807, 2.05) is 33.8 Å². The summed E-state index contributed by atoms with van der Waals surface area (Å²) in [6, 6.07) is 1.83. The molecule has 0 saturated carbocycles. The van der Waals surface area contributed by atoms with Gasteiger partial charge in [-0.05, 0) is 39.3 Å². The molecule has 2 heterocycles. The monoisotopic (exact) mass is 250 g/mol. The average molecular weight is 250 g/mol. The SMILES string of the molecule is CC1OCc2cnc(NC(=O)OC(C)(C)C)cc21. The molecule has 0 saturated heterocycles. The Kier molecular flexibility index (Phi) is 3.26. The molecule has 5 nitrogen and oxygen atoms in total. The summed E-state index contributed by atoms with van der Waals surface area (Å²) in [5.41, 5.74) is 1.62. The number of rotatable bonds is 1. The van der Waals surface area contributed by atoms with E-state index in [1.165, 1.54) is 0 Å². The minimum atomic E-state index is -0.517. The molecule has 18 heavy (non-hydrogen) atoms. The van der Waals surface area contributed by atoms with Crippen molar-refractivity contribution in [2.45, 2.75) is 46.0 Å². The van der Waals surface area contributed by atoms with E-state index in [1.54, 1.807) is 6.20 Å². The molecule has 1 unspecified atom stereocenters. The van der Waals surface area contributed by atoms with Gasteiger partial charge in [0.05, 0.1) is 12.7 Å². The number of nitrogens with one attached hydrogen (secondary N) is 1. The van der Waals surface area contributed by atoms with Crippen molar-refractivity contribution in [3.63, 3.8) is 0 Å². The molecule has 1 amide bonds. The summed E-state index contributed by atoms with van der Waals surface area (Å²) in [5, 5.41) is 2.62. The Morgan fingerprint density at radius 1 is 1.56 bits per heavy atom. The van der Waals surface area contributed by atoms with Crippen LogP contribution in [0.1, 0.15) is 44.9 Å². The summed E-state index contributed by atoms with van der Waals surface area (Å²) in [4.78, 5) is 15.8. The Balaban J connectivity index is 2.07. The zero-order valence-electron chi connectivity index (χ0n) is 11.1. The van der Waals surface area contributed by atoms with E-state index in [4.69, 9.17) is 9.47 Å². The first-order chi connectivity index (χ1) is 8.35. The number of ether oxygens (including phenoxy) is 2. The summed E-state index contributed by atoms with van der Waals surface area (Å²) >= 11 is 0. The van der Waals surface area contributed by atoms with Crippen LogP contribution < -0.4 is 5.32 Å². The Morgan fingerprint density at radius 3 is 2.94 bits per heavy atom. The van der Waals surface area contributed by atoms with Gasteiger partial charge in [-0.25, -0.2) is 9.78 Å². The van der Waals surface area contributed by atoms with E-state index in [2.05, 4.69) is 10.3 Å². The van der Waals surface area contributed by atoms with Gasteiger partial charge in [0, 0.05) is 11.8 Å². The molecule has 5 heteroatoms. The lowest BCUT2D eigenvalue weighted by atomic mass is 10.1. The van der Waals surface area contributed by atoms with Crippen molar-refractivity contribution in [3.05, 3.63) is 23.4 Å². The van der Waals surface area contributed by atoms with E-state index in [9.17, 15) is 4.79 Å². The number of pyridine rings is 1. The van der Waals surface area contributed by atoms with Gasteiger partial charge in [-0.15, -0.1) is 0 Å². The number of fused-ring (bicyclic) bond motifs is 1. The largest absolute Gasteiger partial charge is 0.444 e. The maximum absolute atomic E-state index is 11.6. The summed E-state index contributed by atoms with van der Waals surface area (Å²) in [6.45, 7) is 8.01. The van der Waals surface area contributed by atoms with Gasteiger partial charge < -0.3 is 9.47 Å². The highest BCUT2D eigenvalue weighted by Crippen LogP contribution is 2.30. The van der Waals surface area contributed by atoms with Gasteiger partial charge in [0.25, 0.3) is 0 Å². The average Bonchev–Trinajstić information content (AvgIpc) is 2.57. The zero-order valence-corrected chi connectivity index (χ0v) is 11.1. The van der Waals surface area contributed by atoms with Crippen molar-refractivity contribution in [3.8, 4) is 0 Å². The van der Waals surface area contributed by atoms with Gasteiger partial charge >= 0.3 is 6.09 Å². The van der Waals surface area contributed by atoms with Crippen LogP contribution in [0.15, 0.2) is 12.3 Å². The van der Waals surface area contributed by atoms with Crippen molar-refractivity contribution >= 4 is 11.9 Å². The van der Waals surface area contributed by atoms with E-state index >= 15 is 0 Å². The van der Waals surface area contributed by atoms with Crippen LogP contribution in [0.3, 0.4) is 0 Å². The lowest BCUT2D eigenvalue weighted by Crippen LogP contribution is -2.27. The van der Waals surface area contributed by atoms with E-state index in [-0.39, 0.29) is 6.10 Å². The van der Waals surface area contributed by atoms with Crippen LogP contribution in [0.5, 0.6) is 0 Å². The first kappa shape index (κ1) is 12.8. The number of carbonyl (C=O) groups is 1. The first-order valence-electron chi connectivity index (χ1n) is 5.95. The van der Waals surface area contributed by atoms with Gasteiger partial charge in [-0.1, -0.05) is 0 Å². The van der Waals surface area contributed by atoms with Crippen LogP contribution in [-0.4, -0.2) is 16.7 Å². The molecular weight excluding hydrogens is 232 g/mol. The summed E-state index contributed by atoms with van der Waals surface area (Å²) in [5.74, 6) is 0.486. The summed E-state index contributed by atoms with van der Waals surface area (Å²) in [7, 11) is 0. The minimum absolute atomic E-state index is 0.0437. The second kappa shape index (κ2) is 4.57. The second-order valence-corrected chi connectivity index (χ2v) is 5.35. The van der Waals surface area contributed by atoms with Crippen molar-refractivity contribution < 1.29 is 14.3 Å². The Bertz CT molecular complexity index is 466. The molecule has 1 aromatic rings. The molecule has 1 N–H and O–H groups in total. The topological polar surface area (TPSA) is 60.5 Å². The number of nitrogens with zero attached hydrogens (tertiary/aromatic N) is 1. The van der Waals surface area contributed by atoms with Crippen LogP contribution in [0.4, 0.5) is 10.6 Å². The second-order valence-electron chi connectivity index (χ2n) is 5.35. The highest BCUT2D eigenvalue weighted by atomic mass is 16.6. The fraction of sp³-hybridized carbons (Fsp3) is 0.538. The maximum atomic E-state index is 11.6. The quantitative estimate of drug-likeness (QED) is 0.832. The third-order valence-corrected chi connectivity index (χ3v) is 2.58. The normalized spacial score (nSPS) is 18.3. The number of carbonyl (C=O) groups excluding carboxylic acids is 1.